The first-order valence-corrected chi connectivity index (χ1v) is 11.2. The maximum absolute atomic E-state index is 12.6. The summed E-state index contributed by atoms with van der Waals surface area (Å²) in [5, 5.41) is 1.05. The zero-order chi connectivity index (χ0) is 18.1. The third kappa shape index (κ3) is 3.71. The van der Waals surface area contributed by atoms with Crippen LogP contribution < -0.4 is 4.90 Å². The first-order valence-electron chi connectivity index (χ1n) is 9.34. The summed E-state index contributed by atoms with van der Waals surface area (Å²) in [5.41, 5.74) is 0.865. The van der Waals surface area contributed by atoms with Crippen LogP contribution in [0.15, 0.2) is 18.6 Å². The van der Waals surface area contributed by atoms with Crippen LogP contribution in [-0.2, 0) is 14.5 Å². The molecule has 142 valence electrons. The monoisotopic (exact) mass is 377 g/mol. The molecule has 8 heteroatoms. The number of fused-ring (bicyclic) bond motifs is 1. The number of nitrogens with one attached hydrogen (secondary N) is 2. The van der Waals surface area contributed by atoms with E-state index in [0.29, 0.717) is 42.6 Å². The van der Waals surface area contributed by atoms with E-state index >= 15 is 0 Å². The summed E-state index contributed by atoms with van der Waals surface area (Å²) in [7, 11) is -0.370. The molecule has 1 aliphatic carbocycles. The first kappa shape index (κ1) is 17.7. The number of ether oxygens (including phenoxy) is 1. The van der Waals surface area contributed by atoms with Crippen molar-refractivity contribution < 1.29 is 8.95 Å². The van der Waals surface area contributed by atoms with Crippen molar-refractivity contribution in [1.29, 1.82) is 4.78 Å². The molecule has 1 unspecified atom stereocenters. The van der Waals surface area contributed by atoms with Crippen LogP contribution in [0.3, 0.4) is 0 Å². The largest absolute Gasteiger partial charge is 0.381 e. The molecule has 0 aromatic carbocycles. The summed E-state index contributed by atoms with van der Waals surface area (Å²) >= 11 is 0. The van der Waals surface area contributed by atoms with Crippen molar-refractivity contribution in [3.8, 4) is 0 Å². The molecule has 2 fully saturated rings. The summed E-state index contributed by atoms with van der Waals surface area (Å²) < 4.78 is 26.0. The van der Waals surface area contributed by atoms with Crippen molar-refractivity contribution in [2.24, 2.45) is 11.8 Å². The number of aromatic amines is 1. The van der Waals surface area contributed by atoms with Gasteiger partial charge in [0, 0.05) is 46.4 Å². The maximum atomic E-state index is 12.6. The summed E-state index contributed by atoms with van der Waals surface area (Å²) in [6, 6.07) is 2.45. The van der Waals surface area contributed by atoms with Gasteiger partial charge >= 0.3 is 0 Å². The van der Waals surface area contributed by atoms with Crippen molar-refractivity contribution in [3.05, 3.63) is 18.6 Å². The Hall–Kier alpha value is -1.67. The van der Waals surface area contributed by atoms with E-state index in [4.69, 9.17) is 9.52 Å². The Labute approximate surface area is 154 Å². The molecule has 26 heavy (non-hydrogen) atoms. The first-order chi connectivity index (χ1) is 12.5. The normalized spacial score (nSPS) is 26.3. The third-order valence-electron chi connectivity index (χ3n) is 5.75. The van der Waals surface area contributed by atoms with E-state index in [0.717, 1.165) is 42.5 Å². The second-order valence-electron chi connectivity index (χ2n) is 7.77. The minimum atomic E-state index is -2.47. The van der Waals surface area contributed by atoms with Crippen LogP contribution in [0.25, 0.3) is 11.0 Å². The topological polar surface area (TPSA) is 95.0 Å². The Morgan fingerprint density at radius 2 is 1.96 bits per heavy atom. The highest BCUT2D eigenvalue weighted by Crippen LogP contribution is 2.32. The van der Waals surface area contributed by atoms with Gasteiger partial charge in [0.25, 0.3) is 0 Å². The number of hydrogen-bond acceptors (Lipinski definition) is 6. The molecule has 1 aliphatic heterocycles. The van der Waals surface area contributed by atoms with E-state index in [1.807, 2.05) is 12.3 Å². The molecule has 0 spiro atoms. The van der Waals surface area contributed by atoms with Gasteiger partial charge in [-0.15, -0.1) is 0 Å². The average molecular weight is 378 g/mol. The number of hydrogen-bond donors (Lipinski definition) is 2. The lowest BCUT2D eigenvalue weighted by Gasteiger charge is -2.36. The van der Waals surface area contributed by atoms with Gasteiger partial charge in [-0.25, -0.2) is 14.2 Å². The highest BCUT2D eigenvalue weighted by molar-refractivity contribution is 7.92. The summed E-state index contributed by atoms with van der Waals surface area (Å²) in [5.74, 6) is 2.77. The Bertz CT molecular complexity index is 853. The van der Waals surface area contributed by atoms with E-state index in [9.17, 15) is 4.21 Å². The zero-order valence-corrected chi connectivity index (χ0v) is 16.0. The van der Waals surface area contributed by atoms with E-state index in [1.165, 1.54) is 0 Å². The zero-order valence-electron chi connectivity index (χ0n) is 15.2. The van der Waals surface area contributed by atoms with Crippen molar-refractivity contribution >= 4 is 26.6 Å². The van der Waals surface area contributed by atoms with Crippen LogP contribution in [0.1, 0.15) is 25.7 Å². The maximum Gasteiger partial charge on any atom is 0.142 e. The molecule has 2 aromatic heterocycles. The minimum Gasteiger partial charge on any atom is -0.381 e. The number of aromatic nitrogens is 3. The quantitative estimate of drug-likeness (QED) is 0.807. The van der Waals surface area contributed by atoms with Gasteiger partial charge in [0.05, 0.1) is 18.6 Å². The van der Waals surface area contributed by atoms with Crippen molar-refractivity contribution in [2.45, 2.75) is 31.7 Å². The van der Waals surface area contributed by atoms with Crippen molar-refractivity contribution in [2.75, 3.05) is 36.7 Å². The number of anilines is 1. The average Bonchev–Trinajstić information content (AvgIpc) is 3.07. The van der Waals surface area contributed by atoms with Crippen LogP contribution in [0.4, 0.5) is 5.82 Å². The Morgan fingerprint density at radius 3 is 2.65 bits per heavy atom. The van der Waals surface area contributed by atoms with Gasteiger partial charge in [-0.1, -0.05) is 0 Å². The molecule has 2 N–H and O–H groups in total. The summed E-state index contributed by atoms with van der Waals surface area (Å²) in [4.78, 5) is 14.1. The second-order valence-corrected chi connectivity index (χ2v) is 10.1. The van der Waals surface area contributed by atoms with E-state index in [2.05, 4.69) is 26.9 Å². The Kier molecular flexibility index (Phi) is 4.88. The van der Waals surface area contributed by atoms with Crippen molar-refractivity contribution in [3.63, 3.8) is 0 Å². The lowest BCUT2D eigenvalue weighted by molar-refractivity contribution is -0.0202. The van der Waals surface area contributed by atoms with Gasteiger partial charge in [0.15, 0.2) is 0 Å². The molecule has 1 saturated heterocycles. The van der Waals surface area contributed by atoms with Crippen LogP contribution >= 0.6 is 0 Å². The Balaban J connectivity index is 1.35. The van der Waals surface area contributed by atoms with Gasteiger partial charge in [0.1, 0.15) is 17.8 Å². The van der Waals surface area contributed by atoms with Crippen LogP contribution in [0.5, 0.6) is 0 Å². The third-order valence-corrected chi connectivity index (χ3v) is 7.77. The molecule has 2 aliphatic rings. The second kappa shape index (κ2) is 7.15. The fourth-order valence-electron chi connectivity index (χ4n) is 4.22. The molecule has 4 rings (SSSR count). The minimum absolute atomic E-state index is 0.337. The highest BCUT2D eigenvalue weighted by Gasteiger charge is 2.30. The van der Waals surface area contributed by atoms with Gasteiger partial charge in [-0.3, -0.25) is 4.78 Å². The molecule has 1 saturated carbocycles. The number of nitrogens with zero attached hydrogens (tertiary/aromatic N) is 3. The van der Waals surface area contributed by atoms with E-state index in [1.54, 1.807) is 6.33 Å². The fourth-order valence-corrected chi connectivity index (χ4v) is 6.41. The molecular weight excluding hydrogens is 350 g/mol. The smallest absolute Gasteiger partial charge is 0.142 e. The number of H-pyrrole nitrogens is 1. The van der Waals surface area contributed by atoms with Gasteiger partial charge in [-0.2, -0.15) is 0 Å². The molecule has 1 atom stereocenters. The standard InChI is InChI=1S/C18H27N5O2S/c1-23(18-16-6-7-20-17(16)21-12-22-18)15-4-2-13(3-5-15)10-26(19,24)11-14-8-25-9-14/h6-7,12-15,19H,2-5,8-11H2,1H3,(H,20,21,22). The summed E-state index contributed by atoms with van der Waals surface area (Å²) in [6.45, 7) is 1.36. The van der Waals surface area contributed by atoms with Crippen LogP contribution in [0, 0.1) is 16.6 Å². The molecule has 2 aromatic rings. The predicted molar refractivity (Wildman–Crippen MR) is 103 cm³/mol. The van der Waals surface area contributed by atoms with Crippen LogP contribution in [-0.4, -0.2) is 57.0 Å². The fraction of sp³-hybridized carbons (Fsp3) is 0.667. The molecule has 0 bridgehead atoms. The SMILES string of the molecule is CN(c1ncnc2[nH]ccc12)C1CCC(CS(=N)(=O)CC2COC2)CC1. The Morgan fingerprint density at radius 1 is 1.23 bits per heavy atom. The lowest BCUT2D eigenvalue weighted by Crippen LogP contribution is -2.38. The molecule has 3 heterocycles. The molecular formula is C18H27N5O2S. The van der Waals surface area contributed by atoms with Gasteiger partial charge < -0.3 is 14.6 Å². The van der Waals surface area contributed by atoms with E-state index in [-0.39, 0.29) is 0 Å². The molecule has 0 amide bonds. The van der Waals surface area contributed by atoms with Gasteiger partial charge in [-0.05, 0) is 37.7 Å². The molecule has 7 nitrogen and oxygen atoms in total. The van der Waals surface area contributed by atoms with Crippen LogP contribution in [0.2, 0.25) is 0 Å². The highest BCUT2D eigenvalue weighted by atomic mass is 32.2. The molecule has 0 radical (unpaired) electrons. The van der Waals surface area contributed by atoms with E-state index < -0.39 is 9.73 Å². The number of rotatable bonds is 6. The summed E-state index contributed by atoms with van der Waals surface area (Å²) in [6.07, 6.45) is 7.68. The van der Waals surface area contributed by atoms with Gasteiger partial charge in [0.2, 0.25) is 0 Å². The van der Waals surface area contributed by atoms with Crippen molar-refractivity contribution in [1.82, 2.24) is 15.0 Å². The predicted octanol–water partition coefficient (Wildman–Crippen LogP) is 2.65. The lowest BCUT2D eigenvalue weighted by atomic mass is 9.86.